The molecule has 1 nitrogen and oxygen atoms in total. The van der Waals surface area contributed by atoms with Crippen molar-refractivity contribution in [2.24, 2.45) is 0 Å². The van der Waals surface area contributed by atoms with Crippen LogP contribution in [0.25, 0.3) is 0 Å². The van der Waals surface area contributed by atoms with Gasteiger partial charge in [-0.1, -0.05) is 32.0 Å². The van der Waals surface area contributed by atoms with E-state index >= 15 is 0 Å². The van der Waals surface area contributed by atoms with Gasteiger partial charge in [-0.3, -0.25) is 0 Å². The number of hydrogen-bond donors (Lipinski definition) is 1. The Morgan fingerprint density at radius 3 is 2.56 bits per heavy atom. The molecule has 1 aromatic rings. The maximum absolute atomic E-state index is 3.60. The maximum Gasteiger partial charge on any atom is 0.00816 e. The minimum absolute atomic E-state index is 0. The molecule has 102 valence electrons. The van der Waals surface area contributed by atoms with Crippen LogP contribution >= 0.6 is 12.4 Å². The molecule has 0 bridgehead atoms. The SMILES string of the molecule is CC(C)NC(C)Cc1cccc2c1CCCC2.Cl. The van der Waals surface area contributed by atoms with Crippen molar-refractivity contribution in [1.29, 1.82) is 0 Å². The van der Waals surface area contributed by atoms with Gasteiger partial charge in [-0.05, 0) is 55.7 Å². The third kappa shape index (κ3) is 4.00. The van der Waals surface area contributed by atoms with Gasteiger partial charge in [0.15, 0.2) is 0 Å². The third-order valence-corrected chi connectivity index (χ3v) is 3.64. The topological polar surface area (TPSA) is 12.0 Å². The van der Waals surface area contributed by atoms with Crippen molar-refractivity contribution in [2.45, 2.75) is 65.0 Å². The van der Waals surface area contributed by atoms with Crippen molar-refractivity contribution in [3.05, 3.63) is 34.9 Å². The lowest BCUT2D eigenvalue weighted by Crippen LogP contribution is -2.34. The number of aryl methyl sites for hydroxylation is 1. The molecule has 1 aliphatic carbocycles. The van der Waals surface area contributed by atoms with Crippen LogP contribution in [-0.2, 0) is 19.3 Å². The highest BCUT2D eigenvalue weighted by Gasteiger charge is 2.14. The zero-order valence-electron chi connectivity index (χ0n) is 11.8. The number of nitrogens with one attached hydrogen (secondary N) is 1. The molecule has 0 fully saturated rings. The molecule has 1 unspecified atom stereocenters. The summed E-state index contributed by atoms with van der Waals surface area (Å²) in [4.78, 5) is 0. The summed E-state index contributed by atoms with van der Waals surface area (Å²) in [5, 5.41) is 3.60. The van der Waals surface area contributed by atoms with Crippen LogP contribution in [0.2, 0.25) is 0 Å². The fourth-order valence-corrected chi connectivity index (χ4v) is 3.01. The van der Waals surface area contributed by atoms with E-state index in [9.17, 15) is 0 Å². The molecule has 1 atom stereocenters. The zero-order chi connectivity index (χ0) is 12.3. The van der Waals surface area contributed by atoms with Crippen molar-refractivity contribution >= 4 is 12.4 Å². The monoisotopic (exact) mass is 267 g/mol. The Bertz CT molecular complexity index is 373. The number of fused-ring (bicyclic) bond motifs is 1. The van der Waals surface area contributed by atoms with Crippen molar-refractivity contribution in [3.63, 3.8) is 0 Å². The average Bonchev–Trinajstić information content (AvgIpc) is 2.28. The molecular weight excluding hydrogens is 242 g/mol. The van der Waals surface area contributed by atoms with Gasteiger partial charge in [-0.25, -0.2) is 0 Å². The molecule has 0 saturated heterocycles. The summed E-state index contributed by atoms with van der Waals surface area (Å²) in [5.74, 6) is 0. The molecule has 0 spiro atoms. The van der Waals surface area contributed by atoms with Crippen LogP contribution in [0.5, 0.6) is 0 Å². The zero-order valence-corrected chi connectivity index (χ0v) is 12.6. The minimum Gasteiger partial charge on any atom is -0.312 e. The molecule has 0 aromatic heterocycles. The minimum atomic E-state index is 0. The van der Waals surface area contributed by atoms with Crippen molar-refractivity contribution < 1.29 is 0 Å². The lowest BCUT2D eigenvalue weighted by Gasteiger charge is -2.22. The third-order valence-electron chi connectivity index (χ3n) is 3.64. The Labute approximate surface area is 118 Å². The second kappa shape index (κ2) is 7.16. The van der Waals surface area contributed by atoms with E-state index in [-0.39, 0.29) is 12.4 Å². The molecule has 2 rings (SSSR count). The predicted molar refractivity (Wildman–Crippen MR) is 81.8 cm³/mol. The fourth-order valence-electron chi connectivity index (χ4n) is 3.01. The van der Waals surface area contributed by atoms with Gasteiger partial charge in [0, 0.05) is 12.1 Å². The Kier molecular flexibility index (Phi) is 6.17. The molecule has 1 aromatic carbocycles. The molecule has 0 saturated carbocycles. The van der Waals surface area contributed by atoms with Gasteiger partial charge >= 0.3 is 0 Å². The number of hydrogen-bond acceptors (Lipinski definition) is 1. The quantitative estimate of drug-likeness (QED) is 0.872. The van der Waals surface area contributed by atoms with E-state index in [1.165, 1.54) is 32.1 Å². The van der Waals surface area contributed by atoms with Crippen LogP contribution in [0.1, 0.15) is 50.3 Å². The van der Waals surface area contributed by atoms with Gasteiger partial charge in [0.05, 0.1) is 0 Å². The van der Waals surface area contributed by atoms with Gasteiger partial charge in [0.1, 0.15) is 0 Å². The van der Waals surface area contributed by atoms with Crippen LogP contribution in [0.4, 0.5) is 0 Å². The Morgan fingerprint density at radius 2 is 1.83 bits per heavy atom. The molecular formula is C16H26ClN. The highest BCUT2D eigenvalue weighted by atomic mass is 35.5. The lowest BCUT2D eigenvalue weighted by atomic mass is 9.86. The first kappa shape index (κ1) is 15.5. The van der Waals surface area contributed by atoms with Crippen LogP contribution < -0.4 is 5.32 Å². The number of halogens is 1. The second-order valence-electron chi connectivity index (χ2n) is 5.69. The van der Waals surface area contributed by atoms with Gasteiger partial charge in [0.2, 0.25) is 0 Å². The summed E-state index contributed by atoms with van der Waals surface area (Å²) < 4.78 is 0. The second-order valence-corrected chi connectivity index (χ2v) is 5.69. The highest BCUT2D eigenvalue weighted by Crippen LogP contribution is 2.25. The molecule has 1 aliphatic rings. The summed E-state index contributed by atoms with van der Waals surface area (Å²) >= 11 is 0. The molecule has 0 amide bonds. The van der Waals surface area contributed by atoms with Crippen molar-refractivity contribution in [3.8, 4) is 0 Å². The first-order valence-electron chi connectivity index (χ1n) is 7.02. The highest BCUT2D eigenvalue weighted by molar-refractivity contribution is 5.85. The Morgan fingerprint density at radius 1 is 1.11 bits per heavy atom. The summed E-state index contributed by atoms with van der Waals surface area (Å²) in [6.45, 7) is 6.73. The van der Waals surface area contributed by atoms with Crippen LogP contribution in [0.15, 0.2) is 18.2 Å². The summed E-state index contributed by atoms with van der Waals surface area (Å²) in [6, 6.07) is 8.02. The van der Waals surface area contributed by atoms with E-state index in [4.69, 9.17) is 0 Å². The fraction of sp³-hybridized carbons (Fsp3) is 0.625. The van der Waals surface area contributed by atoms with E-state index in [2.05, 4.69) is 44.3 Å². The summed E-state index contributed by atoms with van der Waals surface area (Å²) in [6.07, 6.45) is 6.49. The number of benzene rings is 1. The molecule has 0 radical (unpaired) electrons. The standard InChI is InChI=1S/C16H25N.ClH/c1-12(2)17-13(3)11-15-9-6-8-14-7-4-5-10-16(14)15;/h6,8-9,12-13,17H,4-5,7,10-11H2,1-3H3;1H. The first-order valence-corrected chi connectivity index (χ1v) is 7.02. The van der Waals surface area contributed by atoms with E-state index in [1.807, 2.05) is 0 Å². The van der Waals surface area contributed by atoms with Gasteiger partial charge in [0.25, 0.3) is 0 Å². The molecule has 2 heteroatoms. The molecule has 1 N–H and O–H groups in total. The Balaban J connectivity index is 0.00000162. The van der Waals surface area contributed by atoms with Crippen molar-refractivity contribution in [1.82, 2.24) is 5.32 Å². The van der Waals surface area contributed by atoms with Gasteiger partial charge < -0.3 is 5.32 Å². The first-order chi connectivity index (χ1) is 8.16. The maximum atomic E-state index is 3.60. The average molecular weight is 268 g/mol. The lowest BCUT2D eigenvalue weighted by molar-refractivity contribution is 0.485. The van der Waals surface area contributed by atoms with Gasteiger partial charge in [-0.15, -0.1) is 12.4 Å². The molecule has 0 heterocycles. The summed E-state index contributed by atoms with van der Waals surface area (Å²) in [7, 11) is 0. The number of rotatable bonds is 4. The van der Waals surface area contributed by atoms with E-state index in [1.54, 1.807) is 16.7 Å². The predicted octanol–water partition coefficient (Wildman–Crippen LogP) is 3.92. The van der Waals surface area contributed by atoms with Crippen LogP contribution in [0, 0.1) is 0 Å². The van der Waals surface area contributed by atoms with E-state index in [0.29, 0.717) is 12.1 Å². The largest absolute Gasteiger partial charge is 0.312 e. The Hall–Kier alpha value is -0.530. The van der Waals surface area contributed by atoms with Crippen LogP contribution in [0.3, 0.4) is 0 Å². The molecule has 0 aliphatic heterocycles. The van der Waals surface area contributed by atoms with Crippen LogP contribution in [-0.4, -0.2) is 12.1 Å². The molecule has 18 heavy (non-hydrogen) atoms. The normalized spacial score (nSPS) is 16.0. The van der Waals surface area contributed by atoms with E-state index in [0.717, 1.165) is 0 Å². The summed E-state index contributed by atoms with van der Waals surface area (Å²) in [5.41, 5.74) is 4.82. The smallest absolute Gasteiger partial charge is 0.00816 e. The van der Waals surface area contributed by atoms with E-state index < -0.39 is 0 Å². The van der Waals surface area contributed by atoms with Gasteiger partial charge in [-0.2, -0.15) is 0 Å². The van der Waals surface area contributed by atoms with Crippen molar-refractivity contribution in [2.75, 3.05) is 0 Å².